The first kappa shape index (κ1) is 14.0. The number of halogens is 1. The van der Waals surface area contributed by atoms with Gasteiger partial charge in [0.05, 0.1) is 0 Å². The summed E-state index contributed by atoms with van der Waals surface area (Å²) in [4.78, 5) is 11.4. The van der Waals surface area contributed by atoms with Gasteiger partial charge in [0.15, 0.2) is 0 Å². The summed E-state index contributed by atoms with van der Waals surface area (Å²) in [5.74, 6) is -0.0939. The minimum atomic E-state index is -0.402. The molecule has 0 saturated heterocycles. The first-order chi connectivity index (χ1) is 8.13. The van der Waals surface area contributed by atoms with Crippen LogP contribution in [0.1, 0.15) is 6.92 Å². The fraction of sp³-hybridized carbons (Fsp3) is 0.417. The number of hydrogen-bond acceptors (Lipinski definition) is 3. The third-order valence-corrected chi connectivity index (χ3v) is 2.79. The number of carbonyl (C=O) groups excluding carboxylic acids is 1. The van der Waals surface area contributed by atoms with E-state index in [1.165, 1.54) is 7.11 Å². The number of anilines is 1. The zero-order valence-electron chi connectivity index (χ0n) is 10.00. The van der Waals surface area contributed by atoms with E-state index < -0.39 is 6.10 Å². The van der Waals surface area contributed by atoms with E-state index in [4.69, 9.17) is 4.74 Å². The van der Waals surface area contributed by atoms with Crippen LogP contribution in [-0.4, -0.2) is 32.2 Å². The number of nitrogens with one attached hydrogen (secondary N) is 2. The summed E-state index contributed by atoms with van der Waals surface area (Å²) in [6.07, 6.45) is -0.402. The number of hydrogen-bond donors (Lipinski definition) is 2. The molecule has 0 bridgehead atoms. The fourth-order valence-corrected chi connectivity index (χ4v) is 1.64. The number of carbonyl (C=O) groups is 1. The van der Waals surface area contributed by atoms with E-state index in [0.29, 0.717) is 13.1 Å². The van der Waals surface area contributed by atoms with Gasteiger partial charge in [-0.2, -0.15) is 0 Å². The summed E-state index contributed by atoms with van der Waals surface area (Å²) in [5.41, 5.74) is 1.02. The predicted octanol–water partition coefficient (Wildman–Crippen LogP) is 2.01. The summed E-state index contributed by atoms with van der Waals surface area (Å²) in [6, 6.07) is 7.88. The van der Waals surface area contributed by atoms with E-state index in [-0.39, 0.29) is 5.91 Å². The standard InChI is InChI=1S/C12H17BrN2O2/c1-9(17-2)12(16)15-7-6-14-11-5-3-4-10(13)8-11/h3-5,8-9,14H,6-7H2,1-2H3,(H,15,16). The molecule has 1 aromatic carbocycles. The van der Waals surface area contributed by atoms with Gasteiger partial charge in [0.2, 0.25) is 5.91 Å². The Morgan fingerprint density at radius 1 is 1.47 bits per heavy atom. The highest BCUT2D eigenvalue weighted by Crippen LogP contribution is 2.14. The Bertz CT molecular complexity index is 371. The molecule has 1 unspecified atom stereocenters. The van der Waals surface area contributed by atoms with Crippen molar-refractivity contribution in [3.05, 3.63) is 28.7 Å². The normalized spacial score (nSPS) is 11.9. The molecular weight excluding hydrogens is 284 g/mol. The van der Waals surface area contributed by atoms with Crippen LogP contribution in [0, 0.1) is 0 Å². The van der Waals surface area contributed by atoms with Gasteiger partial charge in [-0.15, -0.1) is 0 Å². The van der Waals surface area contributed by atoms with Crippen molar-refractivity contribution in [1.29, 1.82) is 0 Å². The highest BCUT2D eigenvalue weighted by atomic mass is 79.9. The van der Waals surface area contributed by atoms with Crippen molar-refractivity contribution in [3.8, 4) is 0 Å². The molecule has 2 N–H and O–H groups in total. The average Bonchev–Trinajstić information content (AvgIpc) is 2.33. The van der Waals surface area contributed by atoms with E-state index in [1.54, 1.807) is 6.92 Å². The Morgan fingerprint density at radius 3 is 2.88 bits per heavy atom. The Hall–Kier alpha value is -1.07. The molecule has 1 rings (SSSR count). The lowest BCUT2D eigenvalue weighted by Gasteiger charge is -2.11. The van der Waals surface area contributed by atoms with Crippen molar-refractivity contribution in [2.24, 2.45) is 0 Å². The van der Waals surface area contributed by atoms with E-state index in [0.717, 1.165) is 10.2 Å². The number of rotatable bonds is 6. The molecule has 17 heavy (non-hydrogen) atoms. The molecule has 0 aromatic heterocycles. The van der Waals surface area contributed by atoms with Crippen LogP contribution in [0.3, 0.4) is 0 Å². The number of methoxy groups -OCH3 is 1. The van der Waals surface area contributed by atoms with Crippen molar-refractivity contribution in [2.75, 3.05) is 25.5 Å². The Morgan fingerprint density at radius 2 is 2.24 bits per heavy atom. The Kier molecular flexibility index (Phi) is 6.00. The molecule has 1 aromatic rings. The Balaban J connectivity index is 2.22. The lowest BCUT2D eigenvalue weighted by molar-refractivity contribution is -0.129. The first-order valence-electron chi connectivity index (χ1n) is 5.43. The third-order valence-electron chi connectivity index (χ3n) is 2.30. The van der Waals surface area contributed by atoms with Crippen molar-refractivity contribution in [1.82, 2.24) is 5.32 Å². The minimum absolute atomic E-state index is 0.0939. The summed E-state index contributed by atoms with van der Waals surface area (Å²) in [5, 5.41) is 5.99. The van der Waals surface area contributed by atoms with Crippen LogP contribution in [-0.2, 0) is 9.53 Å². The van der Waals surface area contributed by atoms with Crippen molar-refractivity contribution in [3.63, 3.8) is 0 Å². The van der Waals surface area contributed by atoms with Crippen molar-refractivity contribution < 1.29 is 9.53 Å². The summed E-state index contributed by atoms with van der Waals surface area (Å²) in [7, 11) is 1.52. The maximum Gasteiger partial charge on any atom is 0.248 e. The van der Waals surface area contributed by atoms with E-state index in [1.807, 2.05) is 24.3 Å². The molecule has 0 fully saturated rings. The van der Waals surface area contributed by atoms with Crippen LogP contribution in [0.15, 0.2) is 28.7 Å². The lowest BCUT2D eigenvalue weighted by Crippen LogP contribution is -2.36. The molecule has 0 aliphatic carbocycles. The van der Waals surface area contributed by atoms with Gasteiger partial charge >= 0.3 is 0 Å². The van der Waals surface area contributed by atoms with Crippen LogP contribution in [0.5, 0.6) is 0 Å². The second-order valence-corrected chi connectivity index (χ2v) is 4.52. The third kappa shape index (κ3) is 5.19. The van der Waals surface area contributed by atoms with E-state index >= 15 is 0 Å². The van der Waals surface area contributed by atoms with Crippen molar-refractivity contribution >= 4 is 27.5 Å². The second-order valence-electron chi connectivity index (χ2n) is 3.61. The fourth-order valence-electron chi connectivity index (χ4n) is 1.24. The van der Waals surface area contributed by atoms with Crippen LogP contribution in [0.2, 0.25) is 0 Å². The van der Waals surface area contributed by atoms with E-state index in [2.05, 4.69) is 26.6 Å². The molecule has 0 radical (unpaired) electrons. The monoisotopic (exact) mass is 300 g/mol. The molecule has 4 nitrogen and oxygen atoms in total. The number of ether oxygens (including phenoxy) is 1. The van der Waals surface area contributed by atoms with E-state index in [9.17, 15) is 4.79 Å². The topological polar surface area (TPSA) is 50.4 Å². The molecule has 0 aliphatic rings. The molecular formula is C12H17BrN2O2. The smallest absolute Gasteiger partial charge is 0.248 e. The molecule has 0 heterocycles. The van der Waals surface area contributed by atoms with Gasteiger partial charge < -0.3 is 15.4 Å². The number of benzene rings is 1. The van der Waals surface area contributed by atoms with Crippen LogP contribution >= 0.6 is 15.9 Å². The lowest BCUT2D eigenvalue weighted by atomic mass is 10.3. The molecule has 94 valence electrons. The largest absolute Gasteiger partial charge is 0.383 e. The maximum absolute atomic E-state index is 11.4. The SMILES string of the molecule is COC(C)C(=O)NCCNc1cccc(Br)c1. The first-order valence-corrected chi connectivity index (χ1v) is 6.22. The van der Waals surface area contributed by atoms with Crippen molar-refractivity contribution in [2.45, 2.75) is 13.0 Å². The molecule has 0 spiro atoms. The summed E-state index contributed by atoms with van der Waals surface area (Å²) in [6.45, 7) is 2.97. The van der Waals surface area contributed by atoms with Gasteiger partial charge in [0, 0.05) is 30.4 Å². The van der Waals surface area contributed by atoms with Crippen LogP contribution in [0.4, 0.5) is 5.69 Å². The predicted molar refractivity (Wildman–Crippen MR) is 72.1 cm³/mol. The zero-order chi connectivity index (χ0) is 12.7. The van der Waals surface area contributed by atoms with Gasteiger partial charge in [-0.25, -0.2) is 0 Å². The average molecular weight is 301 g/mol. The van der Waals surface area contributed by atoms with Gasteiger partial charge in [-0.3, -0.25) is 4.79 Å². The van der Waals surface area contributed by atoms with Gasteiger partial charge in [0.25, 0.3) is 0 Å². The molecule has 0 saturated carbocycles. The minimum Gasteiger partial charge on any atom is -0.383 e. The van der Waals surface area contributed by atoms with Gasteiger partial charge in [0.1, 0.15) is 6.10 Å². The molecule has 0 aliphatic heterocycles. The molecule has 1 amide bonds. The van der Waals surface area contributed by atoms with Gasteiger partial charge in [-0.1, -0.05) is 22.0 Å². The van der Waals surface area contributed by atoms with Crippen LogP contribution < -0.4 is 10.6 Å². The van der Waals surface area contributed by atoms with Gasteiger partial charge in [-0.05, 0) is 25.1 Å². The molecule has 1 atom stereocenters. The quantitative estimate of drug-likeness (QED) is 0.790. The summed E-state index contributed by atoms with van der Waals surface area (Å²) < 4.78 is 5.93. The van der Waals surface area contributed by atoms with Crippen LogP contribution in [0.25, 0.3) is 0 Å². The highest BCUT2D eigenvalue weighted by molar-refractivity contribution is 9.10. The second kappa shape index (κ2) is 7.29. The molecule has 5 heteroatoms. The number of amides is 1. The Labute approximate surface area is 110 Å². The maximum atomic E-state index is 11.4. The summed E-state index contributed by atoms with van der Waals surface area (Å²) >= 11 is 3.40. The zero-order valence-corrected chi connectivity index (χ0v) is 11.6. The highest BCUT2D eigenvalue weighted by Gasteiger charge is 2.09.